The molecule has 41 heavy (non-hydrogen) atoms. The summed E-state index contributed by atoms with van der Waals surface area (Å²) >= 11 is 7.51. The highest BCUT2D eigenvalue weighted by molar-refractivity contribution is 8.00. The lowest BCUT2D eigenvalue weighted by Crippen LogP contribution is -2.30. The SMILES string of the molecule is Cc1ccc(C)c(NC(=O)CSc2ccc(NC(=O)/C(=C/c3c(F)cccc3Cl)NC(=O)c3ccccc3)cc2)c1. The Labute approximate surface area is 247 Å². The van der Waals surface area contributed by atoms with Gasteiger partial charge in [0.2, 0.25) is 5.91 Å². The van der Waals surface area contributed by atoms with Crippen LogP contribution in [0.2, 0.25) is 5.02 Å². The molecule has 0 heterocycles. The number of amides is 3. The smallest absolute Gasteiger partial charge is 0.272 e. The van der Waals surface area contributed by atoms with Gasteiger partial charge in [0.15, 0.2) is 0 Å². The van der Waals surface area contributed by atoms with Gasteiger partial charge in [0.25, 0.3) is 11.8 Å². The summed E-state index contributed by atoms with van der Waals surface area (Å²) in [6.07, 6.45) is 1.20. The normalized spacial score (nSPS) is 11.1. The van der Waals surface area contributed by atoms with Gasteiger partial charge >= 0.3 is 0 Å². The lowest BCUT2D eigenvalue weighted by Gasteiger charge is -2.12. The van der Waals surface area contributed by atoms with E-state index in [4.69, 9.17) is 11.6 Å². The van der Waals surface area contributed by atoms with E-state index in [2.05, 4.69) is 16.0 Å². The Morgan fingerprint density at radius 2 is 1.61 bits per heavy atom. The molecule has 0 aromatic heterocycles. The molecule has 0 saturated heterocycles. The maximum absolute atomic E-state index is 14.5. The van der Waals surface area contributed by atoms with Gasteiger partial charge in [-0.3, -0.25) is 14.4 Å². The predicted octanol–water partition coefficient (Wildman–Crippen LogP) is 7.24. The van der Waals surface area contributed by atoms with Crippen molar-refractivity contribution in [3.05, 3.63) is 130 Å². The molecule has 4 aromatic carbocycles. The number of hydrogen-bond acceptors (Lipinski definition) is 4. The van der Waals surface area contributed by atoms with Crippen molar-refractivity contribution in [2.45, 2.75) is 18.7 Å². The van der Waals surface area contributed by atoms with Crippen molar-refractivity contribution in [2.75, 3.05) is 16.4 Å². The van der Waals surface area contributed by atoms with Crippen LogP contribution < -0.4 is 16.0 Å². The Morgan fingerprint density at radius 1 is 0.878 bits per heavy atom. The Morgan fingerprint density at radius 3 is 2.32 bits per heavy atom. The Bertz CT molecular complexity index is 1590. The molecule has 0 aliphatic rings. The molecule has 0 spiro atoms. The van der Waals surface area contributed by atoms with E-state index < -0.39 is 17.6 Å². The number of thioether (sulfide) groups is 1. The van der Waals surface area contributed by atoms with Crippen LogP contribution in [0, 0.1) is 19.7 Å². The number of anilines is 2. The van der Waals surface area contributed by atoms with Crippen molar-refractivity contribution in [2.24, 2.45) is 0 Å². The first-order valence-corrected chi connectivity index (χ1v) is 14.0. The first kappa shape index (κ1) is 29.6. The molecule has 6 nitrogen and oxygen atoms in total. The van der Waals surface area contributed by atoms with Crippen molar-refractivity contribution < 1.29 is 18.8 Å². The van der Waals surface area contributed by atoms with Crippen LogP contribution in [0.1, 0.15) is 27.0 Å². The van der Waals surface area contributed by atoms with E-state index >= 15 is 0 Å². The second-order valence-electron chi connectivity index (χ2n) is 9.15. The molecular formula is C32H27ClFN3O3S. The van der Waals surface area contributed by atoms with Crippen molar-refractivity contribution in [1.29, 1.82) is 0 Å². The third-order valence-corrected chi connectivity index (χ3v) is 7.31. The van der Waals surface area contributed by atoms with E-state index in [1.54, 1.807) is 54.6 Å². The molecule has 0 fully saturated rings. The summed E-state index contributed by atoms with van der Waals surface area (Å²) in [5, 5.41) is 8.30. The van der Waals surface area contributed by atoms with Crippen molar-refractivity contribution in [3.63, 3.8) is 0 Å². The molecule has 0 saturated carbocycles. The van der Waals surface area contributed by atoms with Crippen molar-refractivity contribution in [1.82, 2.24) is 5.32 Å². The summed E-state index contributed by atoms with van der Waals surface area (Å²) in [4.78, 5) is 39.3. The molecule has 9 heteroatoms. The standard InChI is InChI=1S/C32H27ClFN3O3S/c1-20-11-12-21(2)28(17-20)36-30(38)19-41-24-15-13-23(14-16-24)35-32(40)29(18-25-26(33)9-6-10-27(25)34)37-31(39)22-7-4-3-5-8-22/h3-18H,19H2,1-2H3,(H,35,40)(H,36,38)(H,37,39)/b29-18-. The highest BCUT2D eigenvalue weighted by Crippen LogP contribution is 2.24. The van der Waals surface area contributed by atoms with Crippen LogP contribution in [-0.2, 0) is 9.59 Å². The molecule has 208 valence electrons. The minimum absolute atomic E-state index is 0.0291. The van der Waals surface area contributed by atoms with E-state index in [1.807, 2.05) is 32.0 Å². The summed E-state index contributed by atoms with van der Waals surface area (Å²) in [7, 11) is 0. The molecule has 3 amide bonds. The lowest BCUT2D eigenvalue weighted by atomic mass is 10.1. The van der Waals surface area contributed by atoms with E-state index in [9.17, 15) is 18.8 Å². The highest BCUT2D eigenvalue weighted by atomic mass is 35.5. The third kappa shape index (κ3) is 8.30. The first-order valence-electron chi connectivity index (χ1n) is 12.6. The van der Waals surface area contributed by atoms with Crippen LogP contribution in [-0.4, -0.2) is 23.5 Å². The van der Waals surface area contributed by atoms with E-state index in [0.717, 1.165) is 21.7 Å². The maximum Gasteiger partial charge on any atom is 0.272 e. The molecule has 0 radical (unpaired) electrons. The van der Waals surface area contributed by atoms with Crippen LogP contribution >= 0.6 is 23.4 Å². The van der Waals surface area contributed by atoms with E-state index in [0.29, 0.717) is 11.3 Å². The van der Waals surface area contributed by atoms with E-state index in [1.165, 1.54) is 36.0 Å². The fourth-order valence-corrected chi connectivity index (χ4v) is 4.69. The molecule has 3 N–H and O–H groups in total. The molecule has 0 atom stereocenters. The van der Waals surface area contributed by atoms with Gasteiger partial charge in [-0.15, -0.1) is 11.8 Å². The van der Waals surface area contributed by atoms with E-state index in [-0.39, 0.29) is 27.9 Å². The summed E-state index contributed by atoms with van der Waals surface area (Å²) in [5.74, 6) is -1.76. The molecule has 0 aliphatic carbocycles. The van der Waals surface area contributed by atoms with Crippen molar-refractivity contribution >= 4 is 58.5 Å². The van der Waals surface area contributed by atoms with Crippen molar-refractivity contribution in [3.8, 4) is 0 Å². The summed E-state index contributed by atoms with van der Waals surface area (Å²) in [6.45, 7) is 3.91. The number of hydrogen-bond donors (Lipinski definition) is 3. The quantitative estimate of drug-likeness (QED) is 0.142. The average Bonchev–Trinajstić information content (AvgIpc) is 2.96. The molecule has 0 aliphatic heterocycles. The number of benzene rings is 4. The molecule has 0 unspecified atom stereocenters. The molecule has 4 aromatic rings. The van der Waals surface area contributed by atoms with Gasteiger partial charge in [-0.1, -0.05) is 48.0 Å². The molecular weight excluding hydrogens is 561 g/mol. The zero-order valence-corrected chi connectivity index (χ0v) is 23.9. The third-order valence-electron chi connectivity index (χ3n) is 5.97. The number of carbonyl (C=O) groups excluding carboxylic acids is 3. The second-order valence-corrected chi connectivity index (χ2v) is 10.6. The van der Waals surface area contributed by atoms with Crippen LogP contribution in [0.25, 0.3) is 6.08 Å². The number of aryl methyl sites for hydroxylation is 2. The second kappa shape index (κ2) is 13.8. The minimum atomic E-state index is -0.665. The van der Waals surface area contributed by atoms with Gasteiger partial charge in [-0.25, -0.2) is 4.39 Å². The van der Waals surface area contributed by atoms with Gasteiger partial charge in [0, 0.05) is 27.4 Å². The van der Waals surface area contributed by atoms with Gasteiger partial charge in [-0.05, 0) is 85.6 Å². The molecule has 4 rings (SSSR count). The Hall–Kier alpha value is -4.40. The van der Waals surface area contributed by atoms with Gasteiger partial charge in [0.05, 0.1) is 10.8 Å². The predicted molar refractivity (Wildman–Crippen MR) is 164 cm³/mol. The largest absolute Gasteiger partial charge is 0.325 e. The number of rotatable bonds is 9. The Balaban J connectivity index is 1.44. The van der Waals surface area contributed by atoms with Crippen LogP contribution in [0.5, 0.6) is 0 Å². The number of carbonyl (C=O) groups is 3. The zero-order valence-electron chi connectivity index (χ0n) is 22.3. The summed E-state index contributed by atoms with van der Waals surface area (Å²) in [6, 6.07) is 25.3. The molecule has 0 bridgehead atoms. The number of nitrogens with one attached hydrogen (secondary N) is 3. The van der Waals surface area contributed by atoms with Crippen LogP contribution in [0.3, 0.4) is 0 Å². The van der Waals surface area contributed by atoms with Gasteiger partial charge in [-0.2, -0.15) is 0 Å². The maximum atomic E-state index is 14.5. The fourth-order valence-electron chi connectivity index (χ4n) is 3.77. The van der Waals surface area contributed by atoms with Crippen LogP contribution in [0.4, 0.5) is 15.8 Å². The highest BCUT2D eigenvalue weighted by Gasteiger charge is 2.17. The first-order chi connectivity index (χ1) is 19.7. The average molecular weight is 588 g/mol. The fraction of sp³-hybridized carbons (Fsp3) is 0.0938. The number of halogens is 2. The lowest BCUT2D eigenvalue weighted by molar-refractivity contribution is -0.114. The van der Waals surface area contributed by atoms with Crippen LogP contribution in [0.15, 0.2) is 102 Å². The van der Waals surface area contributed by atoms with Gasteiger partial charge < -0.3 is 16.0 Å². The summed E-state index contributed by atoms with van der Waals surface area (Å²) in [5.41, 5.74) is 3.39. The summed E-state index contributed by atoms with van der Waals surface area (Å²) < 4.78 is 14.5. The zero-order chi connectivity index (χ0) is 29.4. The topological polar surface area (TPSA) is 87.3 Å². The van der Waals surface area contributed by atoms with Gasteiger partial charge in [0.1, 0.15) is 11.5 Å². The Kier molecular flexibility index (Phi) is 9.95. The minimum Gasteiger partial charge on any atom is -0.325 e. The monoisotopic (exact) mass is 587 g/mol.